The van der Waals surface area contributed by atoms with Crippen molar-refractivity contribution in [2.45, 2.75) is 58.6 Å². The predicted octanol–water partition coefficient (Wildman–Crippen LogP) is 5.24. The highest BCUT2D eigenvalue weighted by Crippen LogP contribution is 2.42. The van der Waals surface area contributed by atoms with Crippen LogP contribution in [0.5, 0.6) is 11.5 Å². The maximum Gasteiger partial charge on any atom is 0.295 e. The Morgan fingerprint density at radius 2 is 1.69 bits per heavy atom. The molecule has 0 bridgehead atoms. The zero-order valence-corrected chi connectivity index (χ0v) is 22.3. The molecular formula is C29H37NO6. The van der Waals surface area contributed by atoms with Gasteiger partial charge in [0.15, 0.2) is 0 Å². The van der Waals surface area contributed by atoms with E-state index in [0.29, 0.717) is 42.2 Å². The SMILES string of the molecule is COc1ccc(C2/C(=C(\O)c3cc(C(C)(C)C)ccc3OC)C(=O)C(=O)N2CCCOC(C)C)cc1. The van der Waals surface area contributed by atoms with Gasteiger partial charge in [0.05, 0.1) is 37.5 Å². The average Bonchev–Trinajstić information content (AvgIpc) is 3.10. The summed E-state index contributed by atoms with van der Waals surface area (Å²) in [6, 6.07) is 11.9. The molecule has 1 amide bonds. The predicted molar refractivity (Wildman–Crippen MR) is 139 cm³/mol. The lowest BCUT2D eigenvalue weighted by atomic mass is 9.85. The molecule has 0 saturated carbocycles. The number of carbonyl (C=O) groups excluding carboxylic acids is 2. The minimum absolute atomic E-state index is 0.0410. The molecule has 1 saturated heterocycles. The summed E-state index contributed by atoms with van der Waals surface area (Å²) >= 11 is 0. The second kappa shape index (κ2) is 11.2. The lowest BCUT2D eigenvalue weighted by Gasteiger charge is -2.26. The molecule has 7 heteroatoms. The Morgan fingerprint density at radius 1 is 1.03 bits per heavy atom. The lowest BCUT2D eigenvalue weighted by molar-refractivity contribution is -0.140. The molecule has 7 nitrogen and oxygen atoms in total. The summed E-state index contributed by atoms with van der Waals surface area (Å²) in [4.78, 5) is 28.1. The molecule has 1 fully saturated rings. The number of rotatable bonds is 9. The topological polar surface area (TPSA) is 85.3 Å². The van der Waals surface area contributed by atoms with Crippen LogP contribution >= 0.6 is 0 Å². The second-order valence-corrected chi connectivity index (χ2v) is 10.2. The van der Waals surface area contributed by atoms with Crippen molar-refractivity contribution in [3.05, 3.63) is 64.7 Å². The first kappa shape index (κ1) is 27.3. The summed E-state index contributed by atoms with van der Waals surface area (Å²) in [5.74, 6) is -0.543. The Kier molecular flexibility index (Phi) is 8.46. The molecule has 1 atom stereocenters. The van der Waals surface area contributed by atoms with Crippen molar-refractivity contribution in [2.75, 3.05) is 27.4 Å². The minimum Gasteiger partial charge on any atom is -0.507 e. The molecule has 194 valence electrons. The van der Waals surface area contributed by atoms with Crippen molar-refractivity contribution in [1.29, 1.82) is 0 Å². The molecule has 0 radical (unpaired) electrons. The third kappa shape index (κ3) is 5.73. The average molecular weight is 496 g/mol. The van der Waals surface area contributed by atoms with E-state index in [-0.39, 0.29) is 22.9 Å². The van der Waals surface area contributed by atoms with Crippen LogP contribution in [0.2, 0.25) is 0 Å². The fourth-order valence-corrected chi connectivity index (χ4v) is 4.30. The number of likely N-dealkylation sites (tertiary alicyclic amines) is 1. The Balaban J connectivity index is 2.15. The van der Waals surface area contributed by atoms with Gasteiger partial charge in [-0.05, 0) is 61.1 Å². The zero-order chi connectivity index (χ0) is 26.6. The van der Waals surface area contributed by atoms with Gasteiger partial charge in [0.25, 0.3) is 11.7 Å². The van der Waals surface area contributed by atoms with E-state index < -0.39 is 17.7 Å². The van der Waals surface area contributed by atoms with Crippen molar-refractivity contribution in [2.24, 2.45) is 0 Å². The van der Waals surface area contributed by atoms with Crippen molar-refractivity contribution < 1.29 is 28.9 Å². The molecule has 1 aliphatic rings. The molecular weight excluding hydrogens is 458 g/mol. The van der Waals surface area contributed by atoms with Crippen LogP contribution in [-0.4, -0.2) is 55.2 Å². The van der Waals surface area contributed by atoms with Crippen molar-refractivity contribution in [3.8, 4) is 11.5 Å². The highest BCUT2D eigenvalue weighted by molar-refractivity contribution is 6.46. The van der Waals surface area contributed by atoms with Gasteiger partial charge in [-0.2, -0.15) is 0 Å². The van der Waals surface area contributed by atoms with Gasteiger partial charge in [0, 0.05) is 13.2 Å². The fraction of sp³-hybridized carbons (Fsp3) is 0.448. The number of aliphatic hydroxyl groups is 1. The number of ether oxygens (including phenoxy) is 3. The van der Waals surface area contributed by atoms with Crippen LogP contribution in [0, 0.1) is 0 Å². The van der Waals surface area contributed by atoms with Crippen molar-refractivity contribution in [3.63, 3.8) is 0 Å². The van der Waals surface area contributed by atoms with Crippen LogP contribution in [-0.2, 0) is 19.7 Å². The molecule has 1 N–H and O–H groups in total. The quantitative estimate of drug-likeness (QED) is 0.222. The van der Waals surface area contributed by atoms with Crippen LogP contribution < -0.4 is 9.47 Å². The summed E-state index contributed by atoms with van der Waals surface area (Å²) < 4.78 is 16.4. The monoisotopic (exact) mass is 495 g/mol. The first-order valence-electron chi connectivity index (χ1n) is 12.2. The summed E-state index contributed by atoms with van der Waals surface area (Å²) in [7, 11) is 3.08. The van der Waals surface area contributed by atoms with E-state index in [1.54, 1.807) is 25.3 Å². The smallest absolute Gasteiger partial charge is 0.295 e. The number of methoxy groups -OCH3 is 2. The molecule has 36 heavy (non-hydrogen) atoms. The number of hydrogen-bond acceptors (Lipinski definition) is 6. The summed E-state index contributed by atoms with van der Waals surface area (Å²) in [5, 5.41) is 11.6. The Morgan fingerprint density at radius 3 is 2.25 bits per heavy atom. The van der Waals surface area contributed by atoms with E-state index >= 15 is 0 Å². The van der Waals surface area contributed by atoms with Crippen LogP contribution in [0.15, 0.2) is 48.0 Å². The molecule has 2 aromatic rings. The molecule has 1 heterocycles. The minimum atomic E-state index is -0.752. The van der Waals surface area contributed by atoms with Gasteiger partial charge < -0.3 is 24.2 Å². The highest BCUT2D eigenvalue weighted by Gasteiger charge is 2.46. The standard InChI is InChI=1S/C29H37NO6/c1-18(2)36-16-8-15-30-25(19-9-12-21(34-6)13-10-19)24(27(32)28(30)33)26(31)22-17-20(29(3,4)5)11-14-23(22)35-7/h9-14,17-18,25,31H,8,15-16H2,1-7H3/b26-24+. The van der Waals surface area contributed by atoms with Crippen LogP contribution in [0.4, 0.5) is 0 Å². The molecule has 2 aromatic carbocycles. The van der Waals surface area contributed by atoms with Crippen molar-refractivity contribution in [1.82, 2.24) is 4.90 Å². The number of aliphatic hydroxyl groups excluding tert-OH is 1. The van der Waals surface area contributed by atoms with Crippen LogP contribution in [0.3, 0.4) is 0 Å². The lowest BCUT2D eigenvalue weighted by Crippen LogP contribution is -2.31. The first-order valence-corrected chi connectivity index (χ1v) is 12.2. The molecule has 1 unspecified atom stereocenters. The number of hydrogen-bond donors (Lipinski definition) is 1. The van der Waals surface area contributed by atoms with Gasteiger partial charge in [0.2, 0.25) is 0 Å². The van der Waals surface area contributed by atoms with Crippen molar-refractivity contribution >= 4 is 17.4 Å². The fourth-order valence-electron chi connectivity index (χ4n) is 4.30. The maximum atomic E-state index is 13.4. The number of carbonyl (C=O) groups is 2. The van der Waals surface area contributed by atoms with Gasteiger partial charge in [-0.15, -0.1) is 0 Å². The van der Waals surface area contributed by atoms with E-state index in [0.717, 1.165) is 5.56 Å². The number of benzene rings is 2. The first-order chi connectivity index (χ1) is 17.0. The molecule has 3 rings (SSSR count). The maximum absolute atomic E-state index is 13.4. The van der Waals surface area contributed by atoms with E-state index in [2.05, 4.69) is 20.8 Å². The van der Waals surface area contributed by atoms with E-state index in [1.165, 1.54) is 12.0 Å². The number of ketones is 1. The third-order valence-electron chi connectivity index (χ3n) is 6.29. The highest BCUT2D eigenvalue weighted by atomic mass is 16.5. The number of Topliss-reactive ketones (excluding diaryl/α,β-unsaturated/α-hetero) is 1. The molecule has 0 aromatic heterocycles. The largest absolute Gasteiger partial charge is 0.507 e. The Hall–Kier alpha value is -3.32. The van der Waals surface area contributed by atoms with E-state index in [1.807, 2.05) is 38.1 Å². The molecule has 1 aliphatic heterocycles. The van der Waals surface area contributed by atoms with Gasteiger partial charge in [-0.1, -0.05) is 39.0 Å². The van der Waals surface area contributed by atoms with Crippen LogP contribution in [0.1, 0.15) is 63.8 Å². The number of amides is 1. The molecule has 0 spiro atoms. The van der Waals surface area contributed by atoms with Gasteiger partial charge >= 0.3 is 0 Å². The molecule has 0 aliphatic carbocycles. The number of nitrogens with zero attached hydrogens (tertiary/aromatic N) is 1. The van der Waals surface area contributed by atoms with E-state index in [9.17, 15) is 14.7 Å². The summed E-state index contributed by atoms with van der Waals surface area (Å²) in [6.07, 6.45) is 0.626. The second-order valence-electron chi connectivity index (χ2n) is 10.2. The Bertz CT molecular complexity index is 1130. The summed E-state index contributed by atoms with van der Waals surface area (Å²) in [6.45, 7) is 10.9. The van der Waals surface area contributed by atoms with Gasteiger partial charge in [-0.25, -0.2) is 0 Å². The third-order valence-corrected chi connectivity index (χ3v) is 6.29. The zero-order valence-electron chi connectivity index (χ0n) is 22.3. The Labute approximate surface area is 213 Å². The van der Waals surface area contributed by atoms with Crippen LogP contribution in [0.25, 0.3) is 5.76 Å². The van der Waals surface area contributed by atoms with E-state index in [4.69, 9.17) is 14.2 Å². The summed E-state index contributed by atoms with van der Waals surface area (Å²) in [5.41, 5.74) is 1.89. The van der Waals surface area contributed by atoms with Gasteiger partial charge in [-0.3, -0.25) is 9.59 Å². The van der Waals surface area contributed by atoms with Gasteiger partial charge in [0.1, 0.15) is 17.3 Å². The normalized spacial score (nSPS) is 17.7.